The molecule has 0 bridgehead atoms. The topological polar surface area (TPSA) is 119 Å². The molecule has 0 aliphatic heterocycles. The Kier molecular flexibility index (Phi) is 14.2. The lowest BCUT2D eigenvalue weighted by Crippen LogP contribution is -2.62. The second-order valence-electron chi connectivity index (χ2n) is 14.2. The van der Waals surface area contributed by atoms with Crippen LogP contribution in [0.5, 0.6) is 0 Å². The van der Waals surface area contributed by atoms with E-state index >= 15 is 0 Å². The molecule has 1 saturated carbocycles. The average Bonchev–Trinajstić information content (AvgIpc) is 2.93. The normalized spacial score (nSPS) is 18.7. The first-order valence-electron chi connectivity index (χ1n) is 16.4. The van der Waals surface area contributed by atoms with E-state index in [4.69, 9.17) is 0 Å². The first-order valence-corrected chi connectivity index (χ1v) is 16.4. The summed E-state index contributed by atoms with van der Waals surface area (Å²) in [4.78, 5) is 41.8. The van der Waals surface area contributed by atoms with Crippen molar-refractivity contribution in [2.24, 2.45) is 11.8 Å². The van der Waals surface area contributed by atoms with Gasteiger partial charge >= 0.3 is 0 Å². The smallest absolute Gasteiger partial charge is 0.245 e. The molecule has 4 N–H and O–H groups in total. The standard InChI is InChI=1S/C35H59N3O5/c1-10-23(4)31(38(28-14-12-11-13-15-28)34(43)24(5)36-25(6)39)33(42)37-29(32(41)30(40)20-22(2)3)21-26-16-18-27(19-17-26)35(7,8)9/h16-19,22-24,28-32,40-41H,10-15,20-21H2,1-9H3,(H,36,39)(H,37,42)/t23-,24-,29-,30-,31-,32+/m0/s1. The molecule has 1 aromatic rings. The summed E-state index contributed by atoms with van der Waals surface area (Å²) in [5, 5.41) is 28.2. The molecule has 1 aliphatic carbocycles. The molecule has 43 heavy (non-hydrogen) atoms. The van der Waals surface area contributed by atoms with Crippen LogP contribution < -0.4 is 10.6 Å². The van der Waals surface area contributed by atoms with Crippen molar-refractivity contribution in [3.63, 3.8) is 0 Å². The summed E-state index contributed by atoms with van der Waals surface area (Å²) in [5.74, 6) is -0.907. The fraction of sp³-hybridized carbons (Fsp3) is 0.743. The summed E-state index contributed by atoms with van der Waals surface area (Å²) in [7, 11) is 0. The molecule has 1 aliphatic rings. The van der Waals surface area contributed by atoms with Crippen LogP contribution >= 0.6 is 0 Å². The Balaban J connectivity index is 2.48. The summed E-state index contributed by atoms with van der Waals surface area (Å²) in [5.41, 5.74) is 2.12. The van der Waals surface area contributed by atoms with Crippen LogP contribution in [0.15, 0.2) is 24.3 Å². The van der Waals surface area contributed by atoms with E-state index in [2.05, 4.69) is 43.5 Å². The molecule has 2 rings (SSSR count). The Labute approximate surface area is 260 Å². The number of hydrogen-bond acceptors (Lipinski definition) is 5. The highest BCUT2D eigenvalue weighted by Gasteiger charge is 2.41. The molecule has 0 heterocycles. The van der Waals surface area contributed by atoms with Gasteiger partial charge in [0, 0.05) is 13.0 Å². The molecule has 3 amide bonds. The highest BCUT2D eigenvalue weighted by atomic mass is 16.3. The van der Waals surface area contributed by atoms with E-state index < -0.39 is 30.3 Å². The van der Waals surface area contributed by atoms with Gasteiger partial charge < -0.3 is 25.7 Å². The molecule has 244 valence electrons. The fourth-order valence-electron chi connectivity index (χ4n) is 6.19. The van der Waals surface area contributed by atoms with Crippen molar-refractivity contribution in [2.75, 3.05) is 0 Å². The van der Waals surface area contributed by atoms with Gasteiger partial charge in [-0.3, -0.25) is 14.4 Å². The number of nitrogens with one attached hydrogen (secondary N) is 2. The lowest BCUT2D eigenvalue weighted by atomic mass is 9.85. The summed E-state index contributed by atoms with van der Waals surface area (Å²) in [6.07, 6.45) is 3.84. The maximum absolute atomic E-state index is 14.3. The van der Waals surface area contributed by atoms with Crippen molar-refractivity contribution in [2.45, 2.75) is 155 Å². The van der Waals surface area contributed by atoms with Crippen LogP contribution in [0.2, 0.25) is 0 Å². The Bertz CT molecular complexity index is 1030. The first-order chi connectivity index (χ1) is 20.1. The molecular formula is C35H59N3O5. The van der Waals surface area contributed by atoms with Gasteiger partial charge in [-0.25, -0.2) is 0 Å². The summed E-state index contributed by atoms with van der Waals surface area (Å²) in [6, 6.07) is 5.75. The third-order valence-corrected chi connectivity index (χ3v) is 8.89. The van der Waals surface area contributed by atoms with Crippen LogP contribution in [0.1, 0.15) is 118 Å². The van der Waals surface area contributed by atoms with E-state index in [1.54, 1.807) is 11.8 Å². The van der Waals surface area contributed by atoms with Gasteiger partial charge in [0.1, 0.15) is 18.2 Å². The summed E-state index contributed by atoms with van der Waals surface area (Å²) >= 11 is 0. The highest BCUT2D eigenvalue weighted by molar-refractivity contribution is 5.92. The number of aliphatic hydroxyl groups excluding tert-OH is 2. The Hall–Kier alpha value is -2.45. The molecule has 0 spiro atoms. The second-order valence-corrected chi connectivity index (χ2v) is 14.2. The number of amides is 3. The Morgan fingerprint density at radius 3 is 2.02 bits per heavy atom. The lowest BCUT2D eigenvalue weighted by molar-refractivity contribution is -0.149. The zero-order valence-corrected chi connectivity index (χ0v) is 28.2. The minimum Gasteiger partial charge on any atom is -0.390 e. The van der Waals surface area contributed by atoms with Crippen LogP contribution in [0.25, 0.3) is 0 Å². The van der Waals surface area contributed by atoms with Gasteiger partial charge in [0.15, 0.2) is 0 Å². The van der Waals surface area contributed by atoms with E-state index in [0.29, 0.717) is 19.3 Å². The van der Waals surface area contributed by atoms with Crippen LogP contribution in [0, 0.1) is 11.8 Å². The zero-order valence-electron chi connectivity index (χ0n) is 28.2. The van der Waals surface area contributed by atoms with Crippen molar-refractivity contribution in [1.29, 1.82) is 0 Å². The quantitative estimate of drug-likeness (QED) is 0.242. The Morgan fingerprint density at radius 1 is 0.953 bits per heavy atom. The van der Waals surface area contributed by atoms with Crippen molar-refractivity contribution in [3.8, 4) is 0 Å². The molecule has 0 radical (unpaired) electrons. The zero-order chi connectivity index (χ0) is 32.5. The number of carbonyl (C=O) groups excluding carboxylic acids is 3. The minimum absolute atomic E-state index is 0.00781. The van der Waals surface area contributed by atoms with E-state index in [1.165, 1.54) is 12.5 Å². The maximum atomic E-state index is 14.3. The van der Waals surface area contributed by atoms with Crippen molar-refractivity contribution >= 4 is 17.7 Å². The lowest BCUT2D eigenvalue weighted by Gasteiger charge is -2.43. The second kappa shape index (κ2) is 16.6. The predicted octanol–water partition coefficient (Wildman–Crippen LogP) is 4.88. The minimum atomic E-state index is -1.19. The van der Waals surface area contributed by atoms with Gasteiger partial charge in [0.05, 0.1) is 12.1 Å². The summed E-state index contributed by atoms with van der Waals surface area (Å²) in [6.45, 7) is 17.4. The van der Waals surface area contributed by atoms with Crippen LogP contribution in [0.4, 0.5) is 0 Å². The molecule has 1 aromatic carbocycles. The van der Waals surface area contributed by atoms with Crippen LogP contribution in [0.3, 0.4) is 0 Å². The monoisotopic (exact) mass is 601 g/mol. The molecular weight excluding hydrogens is 542 g/mol. The largest absolute Gasteiger partial charge is 0.390 e. The number of benzene rings is 1. The predicted molar refractivity (Wildman–Crippen MR) is 172 cm³/mol. The number of aliphatic hydroxyl groups is 2. The molecule has 0 aromatic heterocycles. The van der Waals surface area contributed by atoms with E-state index in [1.807, 2.05) is 39.8 Å². The maximum Gasteiger partial charge on any atom is 0.245 e. The number of hydrogen-bond donors (Lipinski definition) is 4. The molecule has 1 fully saturated rings. The van der Waals surface area contributed by atoms with Gasteiger partial charge in [-0.2, -0.15) is 0 Å². The number of carbonyl (C=O) groups is 3. The number of rotatable bonds is 14. The fourth-order valence-corrected chi connectivity index (χ4v) is 6.19. The van der Waals surface area contributed by atoms with Crippen molar-refractivity contribution < 1.29 is 24.6 Å². The summed E-state index contributed by atoms with van der Waals surface area (Å²) < 4.78 is 0. The number of nitrogens with zero attached hydrogens (tertiary/aromatic N) is 1. The van der Waals surface area contributed by atoms with Gasteiger partial charge in [0.25, 0.3) is 0 Å². The Morgan fingerprint density at radius 2 is 1.53 bits per heavy atom. The molecule has 8 nitrogen and oxygen atoms in total. The van der Waals surface area contributed by atoms with Gasteiger partial charge in [0.2, 0.25) is 17.7 Å². The van der Waals surface area contributed by atoms with Gasteiger partial charge in [-0.15, -0.1) is 0 Å². The third-order valence-electron chi connectivity index (χ3n) is 8.89. The average molecular weight is 602 g/mol. The highest BCUT2D eigenvalue weighted by Crippen LogP contribution is 2.29. The van der Waals surface area contributed by atoms with E-state index in [-0.39, 0.29) is 41.0 Å². The van der Waals surface area contributed by atoms with Crippen LogP contribution in [-0.4, -0.2) is 69.2 Å². The molecule has 0 saturated heterocycles. The first kappa shape index (κ1) is 36.7. The SMILES string of the molecule is CC[C@H](C)[C@@H](C(=O)N[C@@H](Cc1ccc(C(C)(C)C)cc1)[C@@H](O)[C@@H](O)CC(C)C)N(C(=O)[C@H](C)NC(C)=O)C1CCCCC1. The molecule has 8 heteroatoms. The van der Waals surface area contributed by atoms with Crippen LogP contribution in [-0.2, 0) is 26.2 Å². The molecule has 0 unspecified atom stereocenters. The third kappa shape index (κ3) is 10.9. The van der Waals surface area contributed by atoms with Gasteiger partial charge in [-0.1, -0.05) is 98.4 Å². The van der Waals surface area contributed by atoms with E-state index in [9.17, 15) is 24.6 Å². The molecule has 6 atom stereocenters. The van der Waals surface area contributed by atoms with E-state index in [0.717, 1.165) is 37.7 Å². The van der Waals surface area contributed by atoms with Gasteiger partial charge in [-0.05, 0) is 61.0 Å². The van der Waals surface area contributed by atoms with Crippen molar-refractivity contribution in [1.82, 2.24) is 15.5 Å². The van der Waals surface area contributed by atoms with Crippen molar-refractivity contribution in [3.05, 3.63) is 35.4 Å².